The van der Waals surface area contributed by atoms with E-state index in [-0.39, 0.29) is 30.8 Å². The van der Waals surface area contributed by atoms with Crippen molar-refractivity contribution >= 4 is 86.4 Å². The van der Waals surface area contributed by atoms with Crippen molar-refractivity contribution in [2.75, 3.05) is 5.32 Å². The average molecular weight is 476 g/mol. The molecule has 0 saturated carbocycles. The molecule has 0 spiro atoms. The lowest BCUT2D eigenvalue weighted by Gasteiger charge is -2.14. The van der Waals surface area contributed by atoms with Crippen molar-refractivity contribution in [3.8, 4) is 0 Å². The van der Waals surface area contributed by atoms with E-state index in [0.29, 0.717) is 12.1 Å². The molecule has 0 amide bonds. The van der Waals surface area contributed by atoms with Crippen LogP contribution in [0.15, 0.2) is 12.1 Å². The summed E-state index contributed by atoms with van der Waals surface area (Å²) in [5.41, 5.74) is -3.81. The maximum Gasteiger partial charge on any atom is 0.306 e. The van der Waals surface area contributed by atoms with Gasteiger partial charge in [0.2, 0.25) is 0 Å². The normalized spacial score (nSPS) is 10.6. The Hall–Kier alpha value is -2.11. The lowest BCUT2D eigenvalue weighted by molar-refractivity contribution is -0.401. The Kier molecular flexibility index (Phi) is 6.17. The van der Waals surface area contributed by atoms with Crippen LogP contribution in [0, 0.1) is 30.3 Å². The number of nitro benzene ring substituents is 3. The molecule has 27 heavy (non-hydrogen) atoms. The molecule has 15 heteroatoms. The summed E-state index contributed by atoms with van der Waals surface area (Å²) in [4.78, 5) is 30.4. The fourth-order valence-electron chi connectivity index (χ4n) is 1.96. The minimum Gasteiger partial charge on any atom is -0.342 e. The smallest absolute Gasteiger partial charge is 0.306 e. The molecule has 0 radical (unpaired) electrons. The summed E-state index contributed by atoms with van der Waals surface area (Å²) in [7, 11) is 0. The van der Waals surface area contributed by atoms with Crippen LogP contribution >= 0.6 is 58.0 Å². The molecular weight excluding hydrogens is 473 g/mol. The summed E-state index contributed by atoms with van der Waals surface area (Å²) >= 11 is 29.6. The van der Waals surface area contributed by atoms with Crippen molar-refractivity contribution < 1.29 is 14.8 Å². The van der Waals surface area contributed by atoms with Crippen molar-refractivity contribution in [3.05, 3.63) is 67.6 Å². The summed E-state index contributed by atoms with van der Waals surface area (Å²) < 4.78 is 0. The number of nitro groups is 3. The van der Waals surface area contributed by atoms with Gasteiger partial charge in [-0.15, -0.1) is 0 Å². The number of nitrogens with zero attached hydrogens (tertiary/aromatic N) is 3. The van der Waals surface area contributed by atoms with Crippen molar-refractivity contribution in [1.29, 1.82) is 0 Å². The first-order chi connectivity index (χ1) is 12.5. The van der Waals surface area contributed by atoms with Crippen molar-refractivity contribution in [1.82, 2.24) is 0 Å². The van der Waals surface area contributed by atoms with Crippen LogP contribution in [-0.2, 0) is 0 Å². The molecular formula is C12H3Cl5N4O6. The molecule has 0 aliphatic carbocycles. The van der Waals surface area contributed by atoms with Crippen LogP contribution < -0.4 is 5.32 Å². The summed E-state index contributed by atoms with van der Waals surface area (Å²) in [6.45, 7) is 0. The van der Waals surface area contributed by atoms with Crippen molar-refractivity contribution in [3.63, 3.8) is 0 Å². The SMILES string of the molecule is O=[N+]([O-])c1cc([N+](=O)[O-])c(Nc2c(Cl)c(Cl)c(Cl)c(Cl)c2Cl)c([N+](=O)[O-])c1. The number of nitrogens with one attached hydrogen (secondary N) is 1. The second-order valence-electron chi connectivity index (χ2n) is 4.70. The quantitative estimate of drug-likeness (QED) is 0.227. The average Bonchev–Trinajstić information content (AvgIpc) is 2.61. The fraction of sp³-hybridized carbons (Fsp3) is 0. The van der Waals surface area contributed by atoms with Gasteiger partial charge in [0.05, 0.1) is 57.7 Å². The highest BCUT2D eigenvalue weighted by Crippen LogP contribution is 2.49. The van der Waals surface area contributed by atoms with Gasteiger partial charge in [0.25, 0.3) is 5.69 Å². The Morgan fingerprint density at radius 3 is 1.33 bits per heavy atom. The van der Waals surface area contributed by atoms with Crippen LogP contribution in [-0.4, -0.2) is 14.8 Å². The van der Waals surface area contributed by atoms with Crippen LogP contribution in [0.2, 0.25) is 25.1 Å². The second kappa shape index (κ2) is 7.87. The van der Waals surface area contributed by atoms with Crippen LogP contribution in [0.1, 0.15) is 0 Å². The van der Waals surface area contributed by atoms with Gasteiger partial charge in [-0.2, -0.15) is 0 Å². The van der Waals surface area contributed by atoms with Gasteiger partial charge in [0, 0.05) is 0 Å². The third kappa shape index (κ3) is 3.94. The predicted octanol–water partition coefficient (Wildman–Crippen LogP) is 6.42. The third-order valence-corrected chi connectivity index (χ3v) is 5.42. The van der Waals surface area contributed by atoms with Crippen LogP contribution in [0.4, 0.5) is 28.4 Å². The van der Waals surface area contributed by atoms with Gasteiger partial charge in [-0.05, 0) is 0 Å². The number of benzene rings is 2. The topological polar surface area (TPSA) is 141 Å². The highest BCUT2D eigenvalue weighted by atomic mass is 35.5. The first-order valence-corrected chi connectivity index (χ1v) is 8.26. The van der Waals surface area contributed by atoms with Crippen LogP contribution in [0.25, 0.3) is 0 Å². The van der Waals surface area contributed by atoms with E-state index in [4.69, 9.17) is 58.0 Å². The Balaban J connectivity index is 2.82. The molecule has 0 aliphatic rings. The summed E-state index contributed by atoms with van der Waals surface area (Å²) in [6.07, 6.45) is 0. The molecule has 0 fully saturated rings. The zero-order valence-electron chi connectivity index (χ0n) is 12.3. The van der Waals surface area contributed by atoms with Crippen LogP contribution in [0.3, 0.4) is 0 Å². The molecule has 0 atom stereocenters. The largest absolute Gasteiger partial charge is 0.342 e. The Bertz CT molecular complexity index is 950. The van der Waals surface area contributed by atoms with Gasteiger partial charge < -0.3 is 5.32 Å². The molecule has 0 aromatic heterocycles. The molecule has 0 heterocycles. The van der Waals surface area contributed by atoms with Crippen LogP contribution in [0.5, 0.6) is 0 Å². The monoisotopic (exact) mass is 474 g/mol. The molecule has 0 aliphatic heterocycles. The van der Waals surface area contributed by atoms with E-state index in [2.05, 4.69) is 5.32 Å². The zero-order valence-corrected chi connectivity index (χ0v) is 16.1. The number of hydrogen-bond acceptors (Lipinski definition) is 7. The van der Waals surface area contributed by atoms with E-state index in [1.807, 2.05) is 0 Å². The first kappa shape index (κ1) is 21.2. The number of halogens is 5. The van der Waals surface area contributed by atoms with E-state index in [1.54, 1.807) is 0 Å². The number of non-ortho nitro benzene ring substituents is 1. The molecule has 2 aromatic rings. The van der Waals surface area contributed by atoms with E-state index in [9.17, 15) is 30.3 Å². The molecule has 0 saturated heterocycles. The van der Waals surface area contributed by atoms with Crippen molar-refractivity contribution in [2.24, 2.45) is 0 Å². The van der Waals surface area contributed by atoms with Gasteiger partial charge in [0.1, 0.15) is 0 Å². The van der Waals surface area contributed by atoms with E-state index >= 15 is 0 Å². The summed E-state index contributed by atoms with van der Waals surface area (Å²) in [5.74, 6) is 0. The lowest BCUT2D eigenvalue weighted by atomic mass is 10.2. The van der Waals surface area contributed by atoms with E-state index in [1.165, 1.54) is 0 Å². The predicted molar refractivity (Wildman–Crippen MR) is 101 cm³/mol. The standard InChI is InChI=1S/C12H3Cl5N4O6/c13-6-7(14)9(16)12(10(17)8(6)15)18-11-4(20(24)25)1-3(19(22)23)2-5(11)21(26)27/h1-2,18H. The zero-order chi connectivity index (χ0) is 20.6. The molecule has 0 bridgehead atoms. The molecule has 10 nitrogen and oxygen atoms in total. The molecule has 142 valence electrons. The Morgan fingerprint density at radius 2 is 1.00 bits per heavy atom. The molecule has 0 unspecified atom stereocenters. The fourth-order valence-corrected chi connectivity index (χ4v) is 3.19. The van der Waals surface area contributed by atoms with Gasteiger partial charge in [-0.3, -0.25) is 30.3 Å². The molecule has 2 aromatic carbocycles. The molecule has 2 rings (SSSR count). The molecule has 1 N–H and O–H groups in total. The van der Waals surface area contributed by atoms with E-state index in [0.717, 1.165) is 0 Å². The summed E-state index contributed by atoms with van der Waals surface area (Å²) in [5, 5.41) is 34.5. The maximum absolute atomic E-state index is 11.3. The van der Waals surface area contributed by atoms with Crippen molar-refractivity contribution in [2.45, 2.75) is 0 Å². The Morgan fingerprint density at radius 1 is 0.630 bits per heavy atom. The second-order valence-corrected chi connectivity index (χ2v) is 6.59. The minimum absolute atomic E-state index is 0.202. The highest BCUT2D eigenvalue weighted by Gasteiger charge is 2.32. The van der Waals surface area contributed by atoms with Gasteiger partial charge >= 0.3 is 11.4 Å². The number of hydrogen-bond donors (Lipinski definition) is 1. The number of anilines is 2. The van der Waals surface area contributed by atoms with E-state index < -0.39 is 37.5 Å². The van der Waals surface area contributed by atoms with Gasteiger partial charge in [0.15, 0.2) is 5.69 Å². The van der Waals surface area contributed by atoms with Gasteiger partial charge in [-0.25, -0.2) is 0 Å². The van der Waals surface area contributed by atoms with Gasteiger partial charge in [-0.1, -0.05) is 58.0 Å². The maximum atomic E-state index is 11.3. The Labute approximate surface area is 174 Å². The first-order valence-electron chi connectivity index (χ1n) is 6.37. The number of rotatable bonds is 5. The lowest BCUT2D eigenvalue weighted by Crippen LogP contribution is -2.04. The third-order valence-electron chi connectivity index (χ3n) is 3.15. The minimum atomic E-state index is -1.05. The highest BCUT2D eigenvalue weighted by molar-refractivity contribution is 6.56. The summed E-state index contributed by atoms with van der Waals surface area (Å²) in [6, 6.07) is 1.08.